The summed E-state index contributed by atoms with van der Waals surface area (Å²) in [7, 11) is 0. The molecule has 3 heterocycles. The van der Waals surface area contributed by atoms with Gasteiger partial charge in [-0.3, -0.25) is 4.90 Å². The maximum absolute atomic E-state index is 5.65. The first-order valence-corrected chi connectivity index (χ1v) is 22.2. The molecule has 0 saturated carbocycles. The summed E-state index contributed by atoms with van der Waals surface area (Å²) in [5.74, 6) is 1.62. The van der Waals surface area contributed by atoms with Crippen LogP contribution in [-0.4, -0.2) is 15.0 Å². The van der Waals surface area contributed by atoms with E-state index in [1.165, 1.54) is 44.0 Å². The molecule has 9 rings (SSSR count). The molecular formula is C58H58N4. The summed E-state index contributed by atoms with van der Waals surface area (Å²) in [5, 5.41) is 4.84. The Labute approximate surface area is 367 Å². The number of hydrogen-bond acceptors (Lipinski definition) is 3. The number of anilines is 3. The lowest BCUT2D eigenvalue weighted by Crippen LogP contribution is -2.16. The van der Waals surface area contributed by atoms with E-state index in [1.807, 2.05) is 12.3 Å². The fraction of sp³-hybridized carbons (Fsp3) is 0.241. The van der Waals surface area contributed by atoms with Crippen LogP contribution in [0.2, 0.25) is 0 Å². The topological polar surface area (TPSA) is 44.8 Å². The minimum atomic E-state index is -0.0312. The monoisotopic (exact) mass is 810 g/mol. The largest absolute Gasteiger partial charge is 0.354 e. The Balaban J connectivity index is 1.31. The molecule has 0 saturated heterocycles. The van der Waals surface area contributed by atoms with Gasteiger partial charge in [-0.1, -0.05) is 148 Å². The second-order valence-corrected chi connectivity index (χ2v) is 19.7. The van der Waals surface area contributed by atoms with Gasteiger partial charge in [-0.05, 0) is 128 Å². The second-order valence-electron chi connectivity index (χ2n) is 19.7. The molecule has 1 N–H and O–H groups in total. The molecule has 0 bridgehead atoms. The normalized spacial score (nSPS) is 12.3. The van der Waals surface area contributed by atoms with Crippen LogP contribution in [0, 0.1) is 0 Å². The van der Waals surface area contributed by atoms with Gasteiger partial charge in [0.05, 0.1) is 22.6 Å². The number of rotatable bonds is 8. The van der Waals surface area contributed by atoms with Gasteiger partial charge in [0.15, 0.2) is 0 Å². The standard InChI is InChI=1S/C58H58N4/c1-36(2)39-24-25-51-48(30-39)49-31-41(37(3)4)32-50(56(49)61-51)53-34-43(42-27-44(57(5,6)7)35-45(28-42)58(8,9)10)33-52(60-53)40-19-15-20-46(29-40)62(55-23-13-14-26-59-55)54-22-16-18-38-17-11-12-21-47(38)54/h11-37,61H,1-10H3. The van der Waals surface area contributed by atoms with E-state index in [4.69, 9.17) is 9.97 Å². The highest BCUT2D eigenvalue weighted by Gasteiger charge is 2.24. The number of pyridine rings is 2. The van der Waals surface area contributed by atoms with E-state index < -0.39 is 0 Å². The number of aromatic amines is 1. The highest BCUT2D eigenvalue weighted by Crippen LogP contribution is 2.43. The Morgan fingerprint density at radius 2 is 1.18 bits per heavy atom. The van der Waals surface area contributed by atoms with Crippen molar-refractivity contribution in [3.63, 3.8) is 0 Å². The number of hydrogen-bond donors (Lipinski definition) is 1. The molecule has 3 aromatic heterocycles. The first-order valence-electron chi connectivity index (χ1n) is 22.2. The van der Waals surface area contributed by atoms with Crippen LogP contribution in [0.25, 0.3) is 66.2 Å². The molecule has 0 spiro atoms. The molecular weight excluding hydrogens is 753 g/mol. The van der Waals surface area contributed by atoms with Crippen LogP contribution in [0.1, 0.15) is 103 Å². The summed E-state index contributed by atoms with van der Waals surface area (Å²) in [5.41, 5.74) is 15.9. The van der Waals surface area contributed by atoms with Crippen LogP contribution >= 0.6 is 0 Å². The zero-order valence-electron chi connectivity index (χ0n) is 37.9. The lowest BCUT2D eigenvalue weighted by atomic mass is 9.79. The van der Waals surface area contributed by atoms with E-state index in [0.29, 0.717) is 11.8 Å². The lowest BCUT2D eigenvalue weighted by Gasteiger charge is -2.27. The average Bonchev–Trinajstić information content (AvgIpc) is 3.64. The number of nitrogens with zero attached hydrogens (tertiary/aromatic N) is 3. The number of H-pyrrole nitrogens is 1. The Bertz CT molecular complexity index is 3060. The molecule has 310 valence electrons. The van der Waals surface area contributed by atoms with E-state index in [0.717, 1.165) is 61.7 Å². The summed E-state index contributed by atoms with van der Waals surface area (Å²) in [6.45, 7) is 23.0. The predicted molar refractivity (Wildman–Crippen MR) is 265 cm³/mol. The highest BCUT2D eigenvalue weighted by atomic mass is 15.2. The van der Waals surface area contributed by atoms with Gasteiger partial charge >= 0.3 is 0 Å². The van der Waals surface area contributed by atoms with Crippen molar-refractivity contribution in [2.24, 2.45) is 0 Å². The first-order chi connectivity index (χ1) is 29.6. The van der Waals surface area contributed by atoms with Gasteiger partial charge in [-0.2, -0.15) is 0 Å². The van der Waals surface area contributed by atoms with Crippen molar-refractivity contribution < 1.29 is 0 Å². The minimum Gasteiger partial charge on any atom is -0.354 e. The summed E-state index contributed by atoms with van der Waals surface area (Å²) in [6, 6.07) is 53.4. The van der Waals surface area contributed by atoms with E-state index in [1.54, 1.807) is 0 Å². The fourth-order valence-corrected chi connectivity index (χ4v) is 8.67. The zero-order valence-corrected chi connectivity index (χ0v) is 37.9. The summed E-state index contributed by atoms with van der Waals surface area (Å²) >= 11 is 0. The number of aromatic nitrogens is 3. The zero-order chi connectivity index (χ0) is 43.5. The second kappa shape index (κ2) is 15.7. The summed E-state index contributed by atoms with van der Waals surface area (Å²) < 4.78 is 0. The van der Waals surface area contributed by atoms with E-state index in [-0.39, 0.29) is 10.8 Å². The Hall–Kier alpha value is -6.52. The van der Waals surface area contributed by atoms with Crippen LogP contribution in [0.5, 0.6) is 0 Å². The van der Waals surface area contributed by atoms with Crippen LogP contribution in [0.4, 0.5) is 17.2 Å². The van der Waals surface area contributed by atoms with Gasteiger partial charge < -0.3 is 4.98 Å². The molecule has 0 aliphatic carbocycles. The van der Waals surface area contributed by atoms with E-state index in [9.17, 15) is 0 Å². The van der Waals surface area contributed by atoms with Crippen LogP contribution in [0.15, 0.2) is 152 Å². The molecule has 0 radical (unpaired) electrons. The summed E-state index contributed by atoms with van der Waals surface area (Å²) in [6.07, 6.45) is 1.87. The van der Waals surface area contributed by atoms with Gasteiger partial charge in [0.2, 0.25) is 0 Å². The molecule has 0 atom stereocenters. The van der Waals surface area contributed by atoms with Crippen LogP contribution < -0.4 is 4.90 Å². The van der Waals surface area contributed by atoms with Crippen molar-refractivity contribution in [3.05, 3.63) is 174 Å². The average molecular weight is 811 g/mol. The van der Waals surface area contributed by atoms with Gasteiger partial charge in [0.1, 0.15) is 5.82 Å². The third-order valence-electron chi connectivity index (χ3n) is 12.5. The van der Waals surface area contributed by atoms with Gasteiger partial charge in [-0.15, -0.1) is 0 Å². The Morgan fingerprint density at radius 3 is 1.89 bits per heavy atom. The van der Waals surface area contributed by atoms with Crippen molar-refractivity contribution in [1.82, 2.24) is 15.0 Å². The molecule has 6 aromatic carbocycles. The maximum atomic E-state index is 5.65. The van der Waals surface area contributed by atoms with Crippen molar-refractivity contribution >= 4 is 49.8 Å². The maximum Gasteiger partial charge on any atom is 0.137 e. The number of benzene rings is 6. The number of fused-ring (bicyclic) bond motifs is 4. The Kier molecular flexibility index (Phi) is 10.4. The van der Waals surface area contributed by atoms with E-state index >= 15 is 0 Å². The lowest BCUT2D eigenvalue weighted by molar-refractivity contribution is 0.569. The van der Waals surface area contributed by atoms with Gasteiger partial charge in [0.25, 0.3) is 0 Å². The Morgan fingerprint density at radius 1 is 0.516 bits per heavy atom. The predicted octanol–water partition coefficient (Wildman–Crippen LogP) is 16.6. The molecule has 0 fully saturated rings. The first kappa shape index (κ1) is 40.9. The van der Waals surface area contributed by atoms with Gasteiger partial charge in [0, 0.05) is 44.7 Å². The van der Waals surface area contributed by atoms with Crippen molar-refractivity contribution in [1.29, 1.82) is 0 Å². The molecule has 0 aliphatic heterocycles. The van der Waals surface area contributed by atoms with Gasteiger partial charge in [-0.25, -0.2) is 9.97 Å². The molecule has 62 heavy (non-hydrogen) atoms. The van der Waals surface area contributed by atoms with Crippen molar-refractivity contribution in [3.8, 4) is 33.6 Å². The van der Waals surface area contributed by atoms with Crippen LogP contribution in [-0.2, 0) is 10.8 Å². The molecule has 0 unspecified atom stereocenters. The smallest absolute Gasteiger partial charge is 0.137 e. The highest BCUT2D eigenvalue weighted by molar-refractivity contribution is 6.12. The molecule has 0 amide bonds. The van der Waals surface area contributed by atoms with Crippen molar-refractivity contribution in [2.45, 2.75) is 91.9 Å². The minimum absolute atomic E-state index is 0.0312. The third kappa shape index (κ3) is 7.79. The van der Waals surface area contributed by atoms with E-state index in [2.05, 4.69) is 219 Å². The molecule has 4 nitrogen and oxygen atoms in total. The fourth-order valence-electron chi connectivity index (χ4n) is 8.67. The number of nitrogens with one attached hydrogen (secondary N) is 1. The quantitative estimate of drug-likeness (QED) is 0.166. The van der Waals surface area contributed by atoms with Crippen molar-refractivity contribution in [2.75, 3.05) is 4.90 Å². The SMILES string of the molecule is CC(C)c1ccc2[nH]c3c(-c4cc(-c5cc(C(C)(C)C)cc(C(C)(C)C)c5)cc(-c5cccc(N(c6ccccn6)c6cccc7ccccc67)c5)n4)cc(C(C)C)cc3c2c1. The molecule has 4 heteroatoms. The molecule has 9 aromatic rings. The third-order valence-corrected chi connectivity index (χ3v) is 12.5. The molecule has 0 aliphatic rings. The summed E-state index contributed by atoms with van der Waals surface area (Å²) in [4.78, 5) is 16.7. The van der Waals surface area contributed by atoms with Crippen LogP contribution in [0.3, 0.4) is 0 Å².